The molecule has 1 aliphatic rings. The normalized spacial score (nSPS) is 42.2. The molecule has 1 aliphatic heterocycles. The number of hydrogen-bond acceptors (Lipinski definition) is 6. The van der Waals surface area contributed by atoms with Crippen molar-refractivity contribution < 1.29 is 30.0 Å². The van der Waals surface area contributed by atoms with Gasteiger partial charge in [0.15, 0.2) is 0 Å². The molecule has 0 aromatic rings. The number of nitrogens with one attached hydrogen (secondary N) is 1. The van der Waals surface area contributed by atoms with Gasteiger partial charge in [-0.1, -0.05) is 6.92 Å². The number of ether oxygens (including phenoxy) is 1. The highest BCUT2D eigenvalue weighted by molar-refractivity contribution is 5.73. The Hall–Kier alpha value is -0.730. The van der Waals surface area contributed by atoms with Crippen LogP contribution in [0.15, 0.2) is 0 Å². The number of amides is 1. The van der Waals surface area contributed by atoms with E-state index in [0.29, 0.717) is 0 Å². The summed E-state index contributed by atoms with van der Waals surface area (Å²) in [6, 6.07) is 0. The molecule has 1 fully saturated rings. The Kier molecular flexibility index (Phi) is 4.45. The monoisotopic (exact) mass is 249 g/mol. The summed E-state index contributed by atoms with van der Waals surface area (Å²) >= 11 is 0. The van der Waals surface area contributed by atoms with E-state index >= 15 is 0 Å². The van der Waals surface area contributed by atoms with E-state index in [1.165, 1.54) is 6.92 Å². The first-order valence-electron chi connectivity index (χ1n) is 5.51. The summed E-state index contributed by atoms with van der Waals surface area (Å²) < 4.78 is 5.08. The first-order valence-corrected chi connectivity index (χ1v) is 5.51. The highest BCUT2D eigenvalue weighted by Gasteiger charge is 2.52. The number of hydrogen-bond donors (Lipinski definition) is 5. The van der Waals surface area contributed by atoms with Crippen molar-refractivity contribution in [3.05, 3.63) is 0 Å². The molecule has 0 bridgehead atoms. The molecule has 0 aliphatic carbocycles. The Morgan fingerprint density at radius 1 is 1.41 bits per heavy atom. The Balaban J connectivity index is 2.96. The highest BCUT2D eigenvalue weighted by Crippen LogP contribution is 2.33. The lowest BCUT2D eigenvalue weighted by molar-refractivity contribution is -0.345. The van der Waals surface area contributed by atoms with Crippen molar-refractivity contribution in [3.63, 3.8) is 0 Å². The maximum atomic E-state index is 11.0. The van der Waals surface area contributed by atoms with Gasteiger partial charge in [-0.15, -0.1) is 0 Å². The van der Waals surface area contributed by atoms with Crippen LogP contribution >= 0.6 is 0 Å². The van der Waals surface area contributed by atoms with E-state index in [4.69, 9.17) is 9.84 Å². The minimum Gasteiger partial charge on any atom is -0.394 e. The molecule has 17 heavy (non-hydrogen) atoms. The summed E-state index contributed by atoms with van der Waals surface area (Å²) in [4.78, 5) is 11.0. The summed E-state index contributed by atoms with van der Waals surface area (Å²) in [5.41, 5.74) is 0. The van der Waals surface area contributed by atoms with Gasteiger partial charge in [0.25, 0.3) is 5.91 Å². The molecule has 7 nitrogen and oxygen atoms in total. The quantitative estimate of drug-likeness (QED) is 0.366. The van der Waals surface area contributed by atoms with E-state index in [0.717, 1.165) is 0 Å². The van der Waals surface area contributed by atoms with Crippen LogP contribution in [0.2, 0.25) is 0 Å². The van der Waals surface area contributed by atoms with Gasteiger partial charge >= 0.3 is 0 Å². The van der Waals surface area contributed by atoms with Crippen molar-refractivity contribution in [1.29, 1.82) is 0 Å². The van der Waals surface area contributed by atoms with Crippen LogP contribution in [0.25, 0.3) is 0 Å². The summed E-state index contributed by atoms with van der Waals surface area (Å²) in [5.74, 6) is -3.48. The van der Waals surface area contributed by atoms with Crippen molar-refractivity contribution in [1.82, 2.24) is 5.32 Å². The molecule has 0 aromatic carbocycles. The highest BCUT2D eigenvalue weighted by atomic mass is 16.7. The molecule has 100 valence electrons. The molecule has 5 atom stereocenters. The average Bonchev–Trinajstić information content (AvgIpc) is 2.23. The zero-order chi connectivity index (χ0) is 13.2. The molecule has 1 rings (SSSR count). The topological polar surface area (TPSA) is 119 Å². The van der Waals surface area contributed by atoms with Gasteiger partial charge in [0.05, 0.1) is 18.6 Å². The largest absolute Gasteiger partial charge is 0.394 e. The molecular weight excluding hydrogens is 230 g/mol. The average molecular weight is 249 g/mol. The first kappa shape index (κ1) is 14.3. The number of carbonyl (C=O) groups excluding carboxylic acids is 1. The van der Waals surface area contributed by atoms with E-state index in [1.807, 2.05) is 0 Å². The Morgan fingerprint density at radius 2 is 2.00 bits per heavy atom. The van der Waals surface area contributed by atoms with Gasteiger partial charge < -0.3 is 30.5 Å². The van der Waals surface area contributed by atoms with Crippen LogP contribution < -0.4 is 5.32 Å². The molecular formula is C10H19NO6. The van der Waals surface area contributed by atoms with Crippen molar-refractivity contribution in [2.75, 3.05) is 6.61 Å². The number of aliphatic hydroxyl groups excluding tert-OH is 3. The second kappa shape index (κ2) is 5.28. The van der Waals surface area contributed by atoms with Gasteiger partial charge in [0.1, 0.15) is 12.2 Å². The van der Waals surface area contributed by atoms with Gasteiger partial charge in [0, 0.05) is 6.92 Å². The maximum Gasteiger partial charge on any atom is 0.254 e. The van der Waals surface area contributed by atoms with E-state index in [9.17, 15) is 20.1 Å². The predicted octanol–water partition coefficient (Wildman–Crippen LogP) is -2.09. The van der Waals surface area contributed by atoms with Crippen molar-refractivity contribution in [2.24, 2.45) is 5.92 Å². The van der Waals surface area contributed by atoms with E-state index < -0.39 is 42.7 Å². The third kappa shape index (κ3) is 2.75. The van der Waals surface area contributed by atoms with Crippen molar-refractivity contribution >= 4 is 5.91 Å². The summed E-state index contributed by atoms with van der Waals surface area (Å²) in [7, 11) is 0. The molecule has 5 N–H and O–H groups in total. The lowest BCUT2D eigenvalue weighted by Crippen LogP contribution is -2.68. The number of rotatable bonds is 3. The SMILES string of the molecule is CC[C@@H]1[C@@H](O)[C@H](O)[C@@H](CO)OC1(O)NC(C)=O. The molecule has 0 radical (unpaired) electrons. The minimum atomic E-state index is -2.08. The predicted molar refractivity (Wildman–Crippen MR) is 56.5 cm³/mol. The molecule has 0 saturated carbocycles. The van der Waals surface area contributed by atoms with Crippen LogP contribution in [-0.4, -0.2) is 57.2 Å². The molecule has 0 aromatic heterocycles. The van der Waals surface area contributed by atoms with Crippen LogP contribution in [0, 0.1) is 5.92 Å². The Morgan fingerprint density at radius 3 is 2.41 bits per heavy atom. The molecule has 7 heteroatoms. The fourth-order valence-electron chi connectivity index (χ4n) is 2.12. The Labute approximate surface area is 99.0 Å². The van der Waals surface area contributed by atoms with Gasteiger partial charge in [0.2, 0.25) is 5.91 Å². The molecule has 1 heterocycles. The lowest BCUT2D eigenvalue weighted by Gasteiger charge is -2.47. The van der Waals surface area contributed by atoms with Crippen LogP contribution in [0.1, 0.15) is 20.3 Å². The lowest BCUT2D eigenvalue weighted by atomic mass is 9.86. The third-order valence-electron chi connectivity index (χ3n) is 2.95. The van der Waals surface area contributed by atoms with Crippen LogP contribution in [-0.2, 0) is 9.53 Å². The fraction of sp³-hybridized carbons (Fsp3) is 0.900. The maximum absolute atomic E-state index is 11.0. The standard InChI is InChI=1S/C10H19NO6/c1-3-6-8(14)9(15)7(4-12)17-10(6,16)11-5(2)13/h6-9,12,14-16H,3-4H2,1-2H3,(H,11,13)/t6-,7-,8-,9-,10?/m1/s1. The smallest absolute Gasteiger partial charge is 0.254 e. The van der Waals surface area contributed by atoms with Gasteiger partial charge in [-0.3, -0.25) is 4.79 Å². The number of aliphatic hydroxyl groups is 4. The second-order valence-electron chi connectivity index (χ2n) is 4.21. The molecule has 1 amide bonds. The fourth-order valence-corrected chi connectivity index (χ4v) is 2.12. The van der Waals surface area contributed by atoms with Crippen LogP contribution in [0.3, 0.4) is 0 Å². The van der Waals surface area contributed by atoms with Crippen molar-refractivity contribution in [3.8, 4) is 0 Å². The Bertz CT molecular complexity index is 286. The zero-order valence-corrected chi connectivity index (χ0v) is 9.83. The summed E-state index contributed by atoms with van der Waals surface area (Å²) in [5, 5.41) is 40.8. The van der Waals surface area contributed by atoms with Crippen molar-refractivity contribution in [2.45, 2.75) is 44.5 Å². The van der Waals surface area contributed by atoms with Gasteiger partial charge in [-0.2, -0.15) is 0 Å². The molecule has 1 unspecified atom stereocenters. The van der Waals surface area contributed by atoms with Crippen LogP contribution in [0.5, 0.6) is 0 Å². The zero-order valence-electron chi connectivity index (χ0n) is 9.83. The molecule has 0 spiro atoms. The van der Waals surface area contributed by atoms with E-state index in [1.54, 1.807) is 6.92 Å². The summed E-state index contributed by atoms with van der Waals surface area (Å²) in [6.45, 7) is 2.30. The second-order valence-corrected chi connectivity index (χ2v) is 4.21. The van der Waals surface area contributed by atoms with E-state index in [-0.39, 0.29) is 6.42 Å². The summed E-state index contributed by atoms with van der Waals surface area (Å²) in [6.07, 6.45) is -3.46. The van der Waals surface area contributed by atoms with Gasteiger partial charge in [-0.05, 0) is 6.42 Å². The van der Waals surface area contributed by atoms with Gasteiger partial charge in [-0.25, -0.2) is 0 Å². The first-order chi connectivity index (χ1) is 7.85. The number of carbonyl (C=O) groups is 1. The van der Waals surface area contributed by atoms with E-state index in [2.05, 4.69) is 5.32 Å². The van der Waals surface area contributed by atoms with Crippen LogP contribution in [0.4, 0.5) is 0 Å². The minimum absolute atomic E-state index is 0.285. The molecule has 1 saturated heterocycles. The third-order valence-corrected chi connectivity index (χ3v) is 2.95.